The second kappa shape index (κ2) is 8.13. The van der Waals surface area contributed by atoms with Gasteiger partial charge in [-0.25, -0.2) is 0 Å². The molecular formula is C15H29NO2. The molecule has 3 heteroatoms. The van der Waals surface area contributed by atoms with Crippen molar-refractivity contribution in [1.29, 1.82) is 0 Å². The molecule has 2 saturated heterocycles. The first-order valence-electron chi connectivity index (χ1n) is 7.81. The molecule has 0 bridgehead atoms. The van der Waals surface area contributed by atoms with Crippen LogP contribution in [0.3, 0.4) is 0 Å². The van der Waals surface area contributed by atoms with Crippen LogP contribution in [0.4, 0.5) is 0 Å². The highest BCUT2D eigenvalue weighted by Crippen LogP contribution is 2.23. The Bertz CT molecular complexity index is 211. The molecule has 0 aromatic rings. The van der Waals surface area contributed by atoms with Crippen LogP contribution in [0.25, 0.3) is 0 Å². The fourth-order valence-corrected chi connectivity index (χ4v) is 3.08. The van der Waals surface area contributed by atoms with E-state index in [0.717, 1.165) is 32.3 Å². The lowest BCUT2D eigenvalue weighted by atomic mass is 9.94. The number of hydrogen-bond donors (Lipinski definition) is 1. The van der Waals surface area contributed by atoms with Gasteiger partial charge in [-0.3, -0.25) is 0 Å². The molecule has 1 N–H and O–H groups in total. The largest absolute Gasteiger partial charge is 0.381 e. The van der Waals surface area contributed by atoms with Crippen molar-refractivity contribution in [3.63, 3.8) is 0 Å². The minimum Gasteiger partial charge on any atom is -0.381 e. The van der Waals surface area contributed by atoms with Gasteiger partial charge in [0.25, 0.3) is 0 Å². The predicted molar refractivity (Wildman–Crippen MR) is 73.8 cm³/mol. The van der Waals surface area contributed by atoms with Gasteiger partial charge in [0.1, 0.15) is 0 Å². The third-order valence-electron chi connectivity index (χ3n) is 4.19. The van der Waals surface area contributed by atoms with E-state index in [1.807, 2.05) is 0 Å². The van der Waals surface area contributed by atoms with Crippen LogP contribution in [0.15, 0.2) is 0 Å². The molecule has 3 nitrogen and oxygen atoms in total. The van der Waals surface area contributed by atoms with Crippen LogP contribution < -0.4 is 5.32 Å². The van der Waals surface area contributed by atoms with Crippen molar-refractivity contribution in [2.75, 3.05) is 26.4 Å². The smallest absolute Gasteiger partial charge is 0.0576 e. The van der Waals surface area contributed by atoms with Crippen LogP contribution in [0.2, 0.25) is 0 Å². The van der Waals surface area contributed by atoms with Crippen LogP contribution in [-0.4, -0.2) is 38.5 Å². The zero-order valence-electron chi connectivity index (χ0n) is 11.8. The number of rotatable bonds is 8. The van der Waals surface area contributed by atoms with Gasteiger partial charge < -0.3 is 14.8 Å². The van der Waals surface area contributed by atoms with Crippen LogP contribution in [0.5, 0.6) is 0 Å². The van der Waals surface area contributed by atoms with E-state index in [4.69, 9.17) is 9.47 Å². The molecule has 0 aromatic heterocycles. The molecule has 0 spiro atoms. The molecule has 3 unspecified atom stereocenters. The lowest BCUT2D eigenvalue weighted by Crippen LogP contribution is -2.33. The Morgan fingerprint density at radius 1 is 1.28 bits per heavy atom. The Morgan fingerprint density at radius 2 is 2.22 bits per heavy atom. The molecular weight excluding hydrogens is 226 g/mol. The van der Waals surface area contributed by atoms with E-state index in [0.29, 0.717) is 12.1 Å². The summed E-state index contributed by atoms with van der Waals surface area (Å²) in [4.78, 5) is 0. The van der Waals surface area contributed by atoms with Gasteiger partial charge in [-0.2, -0.15) is 0 Å². The van der Waals surface area contributed by atoms with Gasteiger partial charge in [0.05, 0.1) is 6.10 Å². The summed E-state index contributed by atoms with van der Waals surface area (Å²) >= 11 is 0. The lowest BCUT2D eigenvalue weighted by molar-refractivity contribution is 0.0983. The van der Waals surface area contributed by atoms with E-state index in [2.05, 4.69) is 12.2 Å². The molecule has 2 heterocycles. The van der Waals surface area contributed by atoms with Gasteiger partial charge in [0, 0.05) is 25.9 Å². The monoisotopic (exact) mass is 255 g/mol. The van der Waals surface area contributed by atoms with Crippen molar-refractivity contribution in [3.8, 4) is 0 Å². The molecule has 0 amide bonds. The molecule has 2 rings (SSSR count). The maximum Gasteiger partial charge on any atom is 0.0576 e. The molecule has 0 radical (unpaired) electrons. The third kappa shape index (κ3) is 4.87. The minimum absolute atomic E-state index is 0.538. The molecule has 3 atom stereocenters. The Hall–Kier alpha value is -0.120. The Balaban J connectivity index is 1.68. The molecule has 18 heavy (non-hydrogen) atoms. The summed E-state index contributed by atoms with van der Waals surface area (Å²) in [5.41, 5.74) is 0. The molecule has 0 aliphatic carbocycles. The van der Waals surface area contributed by atoms with Crippen molar-refractivity contribution in [3.05, 3.63) is 0 Å². The van der Waals surface area contributed by atoms with Gasteiger partial charge in [0.2, 0.25) is 0 Å². The summed E-state index contributed by atoms with van der Waals surface area (Å²) in [6, 6.07) is 0.667. The average molecular weight is 255 g/mol. The number of ether oxygens (including phenoxy) is 2. The van der Waals surface area contributed by atoms with Crippen molar-refractivity contribution in [2.24, 2.45) is 5.92 Å². The van der Waals surface area contributed by atoms with Crippen molar-refractivity contribution < 1.29 is 9.47 Å². The highest BCUT2D eigenvalue weighted by atomic mass is 16.5. The summed E-state index contributed by atoms with van der Waals surface area (Å²) in [5.74, 6) is 0.781. The first-order valence-corrected chi connectivity index (χ1v) is 7.81. The third-order valence-corrected chi connectivity index (χ3v) is 4.19. The highest BCUT2D eigenvalue weighted by molar-refractivity contribution is 4.77. The molecule has 2 aliphatic rings. The zero-order chi connectivity index (χ0) is 12.6. The van der Waals surface area contributed by atoms with Crippen molar-refractivity contribution >= 4 is 0 Å². The van der Waals surface area contributed by atoms with E-state index >= 15 is 0 Å². The highest BCUT2D eigenvalue weighted by Gasteiger charge is 2.22. The van der Waals surface area contributed by atoms with Crippen LogP contribution in [0.1, 0.15) is 51.9 Å². The van der Waals surface area contributed by atoms with E-state index < -0.39 is 0 Å². The molecule has 2 fully saturated rings. The lowest BCUT2D eigenvalue weighted by Gasteiger charge is -2.22. The molecule has 0 aromatic carbocycles. The minimum atomic E-state index is 0.538. The molecule has 2 aliphatic heterocycles. The van der Waals surface area contributed by atoms with Crippen LogP contribution >= 0.6 is 0 Å². The second-order valence-corrected chi connectivity index (χ2v) is 5.83. The van der Waals surface area contributed by atoms with Gasteiger partial charge in [0.15, 0.2) is 0 Å². The average Bonchev–Trinajstić information content (AvgIpc) is 3.05. The zero-order valence-corrected chi connectivity index (χ0v) is 11.8. The first kappa shape index (κ1) is 14.3. The topological polar surface area (TPSA) is 30.5 Å². The quantitative estimate of drug-likeness (QED) is 0.723. The second-order valence-electron chi connectivity index (χ2n) is 5.83. The summed E-state index contributed by atoms with van der Waals surface area (Å²) in [6.45, 7) is 6.31. The fourth-order valence-electron chi connectivity index (χ4n) is 3.08. The summed E-state index contributed by atoms with van der Waals surface area (Å²) in [7, 11) is 0. The predicted octanol–water partition coefficient (Wildman–Crippen LogP) is 2.74. The van der Waals surface area contributed by atoms with Gasteiger partial charge >= 0.3 is 0 Å². The summed E-state index contributed by atoms with van der Waals surface area (Å²) in [6.07, 6.45) is 9.32. The van der Waals surface area contributed by atoms with E-state index in [1.165, 1.54) is 44.9 Å². The first-order chi connectivity index (χ1) is 8.88. The molecule has 0 saturated carbocycles. The van der Waals surface area contributed by atoms with Gasteiger partial charge in [-0.05, 0) is 57.4 Å². The molecule has 106 valence electrons. The van der Waals surface area contributed by atoms with Crippen molar-refractivity contribution in [2.45, 2.75) is 64.0 Å². The van der Waals surface area contributed by atoms with E-state index in [9.17, 15) is 0 Å². The SMILES string of the molecule is CCCNC(CCC1CCCO1)CC1CCOC1. The van der Waals surface area contributed by atoms with Crippen LogP contribution in [-0.2, 0) is 9.47 Å². The number of nitrogens with one attached hydrogen (secondary N) is 1. The van der Waals surface area contributed by atoms with Crippen molar-refractivity contribution in [1.82, 2.24) is 5.32 Å². The fraction of sp³-hybridized carbons (Fsp3) is 1.00. The summed E-state index contributed by atoms with van der Waals surface area (Å²) < 4.78 is 11.2. The van der Waals surface area contributed by atoms with Crippen LogP contribution in [0, 0.1) is 5.92 Å². The number of hydrogen-bond acceptors (Lipinski definition) is 3. The van der Waals surface area contributed by atoms with Gasteiger partial charge in [-0.1, -0.05) is 6.92 Å². The maximum absolute atomic E-state index is 5.73. The van der Waals surface area contributed by atoms with E-state index in [-0.39, 0.29) is 0 Å². The Morgan fingerprint density at radius 3 is 2.89 bits per heavy atom. The van der Waals surface area contributed by atoms with Gasteiger partial charge in [-0.15, -0.1) is 0 Å². The van der Waals surface area contributed by atoms with E-state index in [1.54, 1.807) is 0 Å². The Labute approximate surface area is 112 Å². The normalized spacial score (nSPS) is 29.8. The summed E-state index contributed by atoms with van der Waals surface area (Å²) in [5, 5.41) is 3.71. The maximum atomic E-state index is 5.73. The Kier molecular flexibility index (Phi) is 6.46. The standard InChI is InChI=1S/C15H29NO2/c1-2-8-16-14(11-13-7-10-17-12-13)5-6-15-4-3-9-18-15/h13-16H,2-12H2,1H3.